The Bertz CT molecular complexity index is 208. The summed E-state index contributed by atoms with van der Waals surface area (Å²) < 4.78 is 0. The molecule has 1 radical (unpaired) electrons. The number of carbonyl (C=O) groups is 1. The molecule has 0 aliphatic carbocycles. The van der Waals surface area contributed by atoms with Crippen LogP contribution in [0.15, 0.2) is 0 Å². The highest BCUT2D eigenvalue weighted by atomic mass is 16.2. The molecule has 0 saturated carbocycles. The number of likely N-dealkylation sites (tertiary alicyclic amines) is 1. The monoisotopic (exact) mass is 210 g/mol. The van der Waals surface area contributed by atoms with Gasteiger partial charge in [0.2, 0.25) is 5.91 Å². The standard InChI is InChI=1S/C11H20N3O/c15-11(14-6-2-1-3-7-14)10-13-8-4-12-5-9-13/h1-10H2. The van der Waals surface area contributed by atoms with Gasteiger partial charge in [-0.1, -0.05) is 0 Å². The summed E-state index contributed by atoms with van der Waals surface area (Å²) in [6.07, 6.45) is 3.65. The van der Waals surface area contributed by atoms with E-state index in [2.05, 4.69) is 10.2 Å². The average molecular weight is 210 g/mol. The summed E-state index contributed by atoms with van der Waals surface area (Å²) in [6.45, 7) is 6.25. The van der Waals surface area contributed by atoms with Crippen molar-refractivity contribution in [1.82, 2.24) is 15.1 Å². The third kappa shape index (κ3) is 3.18. The Labute approximate surface area is 91.6 Å². The predicted octanol–water partition coefficient (Wildman–Crippen LogP) is -0.0811. The zero-order valence-corrected chi connectivity index (χ0v) is 9.32. The van der Waals surface area contributed by atoms with Crippen molar-refractivity contribution in [2.45, 2.75) is 19.3 Å². The molecule has 0 aromatic heterocycles. The minimum atomic E-state index is 0.316. The normalized spacial score (nSPS) is 24.1. The molecule has 0 spiro atoms. The lowest BCUT2D eigenvalue weighted by molar-refractivity contribution is -0.133. The van der Waals surface area contributed by atoms with Crippen molar-refractivity contribution >= 4 is 5.91 Å². The molecule has 15 heavy (non-hydrogen) atoms. The van der Waals surface area contributed by atoms with E-state index in [9.17, 15) is 4.79 Å². The molecule has 2 heterocycles. The first kappa shape index (κ1) is 10.9. The van der Waals surface area contributed by atoms with Crippen LogP contribution in [0.2, 0.25) is 0 Å². The Morgan fingerprint density at radius 2 is 1.67 bits per heavy atom. The van der Waals surface area contributed by atoms with Gasteiger partial charge in [-0.15, -0.1) is 0 Å². The van der Waals surface area contributed by atoms with E-state index >= 15 is 0 Å². The number of rotatable bonds is 2. The van der Waals surface area contributed by atoms with Gasteiger partial charge in [-0.05, 0) is 19.3 Å². The number of nitrogens with zero attached hydrogens (tertiary/aromatic N) is 3. The van der Waals surface area contributed by atoms with Crippen LogP contribution in [0, 0.1) is 0 Å². The maximum atomic E-state index is 11.9. The zero-order valence-electron chi connectivity index (χ0n) is 9.32. The van der Waals surface area contributed by atoms with E-state index in [1.807, 2.05) is 4.90 Å². The lowest BCUT2D eigenvalue weighted by atomic mass is 10.1. The van der Waals surface area contributed by atoms with E-state index < -0.39 is 0 Å². The minimum absolute atomic E-state index is 0.316. The Morgan fingerprint density at radius 3 is 2.33 bits per heavy atom. The molecule has 0 bridgehead atoms. The van der Waals surface area contributed by atoms with Gasteiger partial charge in [-0.3, -0.25) is 9.69 Å². The molecule has 0 unspecified atom stereocenters. The van der Waals surface area contributed by atoms with Crippen LogP contribution in [-0.2, 0) is 4.79 Å². The van der Waals surface area contributed by atoms with Crippen molar-refractivity contribution < 1.29 is 4.79 Å². The molecule has 4 heteroatoms. The molecule has 1 amide bonds. The summed E-state index contributed by atoms with van der Waals surface area (Å²) in [4.78, 5) is 16.2. The molecule has 85 valence electrons. The minimum Gasteiger partial charge on any atom is -0.342 e. The highest BCUT2D eigenvalue weighted by Gasteiger charge is 2.20. The lowest BCUT2D eigenvalue weighted by Gasteiger charge is -2.31. The molecule has 0 aromatic rings. The third-order valence-electron chi connectivity index (χ3n) is 3.22. The van der Waals surface area contributed by atoms with Gasteiger partial charge >= 0.3 is 0 Å². The van der Waals surface area contributed by atoms with Crippen LogP contribution in [-0.4, -0.2) is 61.5 Å². The highest BCUT2D eigenvalue weighted by Crippen LogP contribution is 2.09. The molecule has 0 atom stereocenters. The molecule has 2 rings (SSSR count). The van der Waals surface area contributed by atoms with Crippen molar-refractivity contribution in [3.8, 4) is 0 Å². The van der Waals surface area contributed by atoms with Crippen molar-refractivity contribution in [2.24, 2.45) is 0 Å². The summed E-state index contributed by atoms with van der Waals surface area (Å²) in [6, 6.07) is 0. The van der Waals surface area contributed by atoms with Gasteiger partial charge in [-0.25, -0.2) is 5.32 Å². The summed E-state index contributed by atoms with van der Waals surface area (Å²) in [5.74, 6) is 0.316. The maximum Gasteiger partial charge on any atom is 0.236 e. The third-order valence-corrected chi connectivity index (χ3v) is 3.22. The van der Waals surface area contributed by atoms with E-state index in [1.165, 1.54) is 19.3 Å². The Balaban J connectivity index is 1.74. The van der Waals surface area contributed by atoms with Crippen LogP contribution in [0.25, 0.3) is 0 Å². The number of hydrogen-bond acceptors (Lipinski definition) is 2. The summed E-state index contributed by atoms with van der Waals surface area (Å²) in [5.41, 5.74) is 0. The number of amides is 1. The molecule has 2 aliphatic heterocycles. The molecular formula is C11H20N3O. The summed E-state index contributed by atoms with van der Waals surface area (Å²) >= 11 is 0. The zero-order chi connectivity index (χ0) is 10.5. The first-order valence-corrected chi connectivity index (χ1v) is 5.99. The number of hydrogen-bond donors (Lipinski definition) is 0. The van der Waals surface area contributed by atoms with Crippen LogP contribution in [0.1, 0.15) is 19.3 Å². The summed E-state index contributed by atoms with van der Waals surface area (Å²) in [5, 5.41) is 4.28. The fraction of sp³-hybridized carbons (Fsp3) is 0.909. The van der Waals surface area contributed by atoms with Crippen LogP contribution in [0.3, 0.4) is 0 Å². The molecular weight excluding hydrogens is 190 g/mol. The quantitative estimate of drug-likeness (QED) is 0.639. The van der Waals surface area contributed by atoms with Gasteiger partial charge in [0.25, 0.3) is 0 Å². The van der Waals surface area contributed by atoms with Crippen LogP contribution in [0.4, 0.5) is 0 Å². The van der Waals surface area contributed by atoms with Gasteiger partial charge in [0.1, 0.15) is 0 Å². The van der Waals surface area contributed by atoms with Crippen molar-refractivity contribution in [1.29, 1.82) is 0 Å². The van der Waals surface area contributed by atoms with Gasteiger partial charge in [0, 0.05) is 39.3 Å². The fourth-order valence-corrected chi connectivity index (χ4v) is 2.24. The molecule has 2 fully saturated rings. The Morgan fingerprint density at radius 1 is 1.00 bits per heavy atom. The van der Waals surface area contributed by atoms with Gasteiger partial charge < -0.3 is 4.90 Å². The average Bonchev–Trinajstić information content (AvgIpc) is 2.31. The molecule has 0 aromatic carbocycles. The van der Waals surface area contributed by atoms with Gasteiger partial charge in [0.15, 0.2) is 0 Å². The number of piperazine rings is 1. The van der Waals surface area contributed by atoms with Crippen LogP contribution >= 0.6 is 0 Å². The lowest BCUT2D eigenvalue weighted by Crippen LogP contribution is -2.47. The van der Waals surface area contributed by atoms with Crippen molar-refractivity contribution in [3.63, 3.8) is 0 Å². The second-order valence-electron chi connectivity index (χ2n) is 4.39. The first-order valence-electron chi connectivity index (χ1n) is 5.99. The predicted molar refractivity (Wildman–Crippen MR) is 58.7 cm³/mol. The van der Waals surface area contributed by atoms with Crippen LogP contribution in [0.5, 0.6) is 0 Å². The van der Waals surface area contributed by atoms with Crippen molar-refractivity contribution in [3.05, 3.63) is 0 Å². The van der Waals surface area contributed by atoms with Gasteiger partial charge in [-0.2, -0.15) is 0 Å². The molecule has 0 N–H and O–H groups in total. The van der Waals surface area contributed by atoms with E-state index in [0.717, 1.165) is 39.3 Å². The molecule has 2 aliphatic rings. The fourth-order valence-electron chi connectivity index (χ4n) is 2.24. The largest absolute Gasteiger partial charge is 0.342 e. The molecule has 4 nitrogen and oxygen atoms in total. The maximum absolute atomic E-state index is 11.9. The van der Waals surface area contributed by atoms with Gasteiger partial charge in [0.05, 0.1) is 6.54 Å². The first-order chi connectivity index (χ1) is 7.36. The number of piperidine rings is 1. The highest BCUT2D eigenvalue weighted by molar-refractivity contribution is 5.78. The van der Waals surface area contributed by atoms with E-state index in [-0.39, 0.29) is 0 Å². The SMILES string of the molecule is O=C(CN1CC[N]CC1)N1CCCCC1. The Kier molecular flexibility index (Phi) is 3.97. The summed E-state index contributed by atoms with van der Waals surface area (Å²) in [7, 11) is 0. The van der Waals surface area contributed by atoms with E-state index in [0.29, 0.717) is 12.5 Å². The second kappa shape index (κ2) is 5.47. The Hall–Kier alpha value is -0.610. The topological polar surface area (TPSA) is 37.7 Å². The smallest absolute Gasteiger partial charge is 0.236 e. The number of carbonyl (C=O) groups excluding carboxylic acids is 1. The molecule has 2 saturated heterocycles. The van der Waals surface area contributed by atoms with E-state index in [4.69, 9.17) is 0 Å². The second-order valence-corrected chi connectivity index (χ2v) is 4.39. The van der Waals surface area contributed by atoms with Crippen molar-refractivity contribution in [2.75, 3.05) is 45.8 Å². The van der Waals surface area contributed by atoms with E-state index in [1.54, 1.807) is 0 Å². The van der Waals surface area contributed by atoms with Crippen LogP contribution < -0.4 is 5.32 Å².